The number of carbonyl (C=O) groups excluding carboxylic acids is 1. The molecule has 0 spiro atoms. The number of rotatable bonds is 8. The molecule has 0 aliphatic rings. The fraction of sp³-hybridized carbons (Fsp3) is 0.188. The summed E-state index contributed by atoms with van der Waals surface area (Å²) in [7, 11) is 0. The first-order valence-electron chi connectivity index (χ1n) is 12.4. The molecule has 4 aromatic rings. The molecule has 192 valence electrons. The standard InChI is InChI=1S/C32H29BrN2O3/c1-5-37-30-17-23(15-25(18-34)32(36)35-29-14-20(2)10-11-22(29)4)16-28(33)31(30)38-19-27-21(3)12-13-24-8-6-7-9-26(24)27/h6-17H,5,19H2,1-4H3,(H,35,36)/b25-15+. The molecule has 0 aromatic heterocycles. The second-order valence-corrected chi connectivity index (χ2v) is 9.93. The Balaban J connectivity index is 1.62. The summed E-state index contributed by atoms with van der Waals surface area (Å²) < 4.78 is 12.9. The summed E-state index contributed by atoms with van der Waals surface area (Å²) >= 11 is 3.61. The van der Waals surface area contributed by atoms with Gasteiger partial charge in [-0.1, -0.05) is 48.5 Å². The third-order valence-corrected chi connectivity index (χ3v) is 6.87. The van der Waals surface area contributed by atoms with Crippen LogP contribution in [0.1, 0.15) is 34.7 Å². The van der Waals surface area contributed by atoms with E-state index in [0.29, 0.717) is 40.4 Å². The smallest absolute Gasteiger partial charge is 0.266 e. The minimum absolute atomic E-state index is 0.0136. The minimum atomic E-state index is -0.470. The van der Waals surface area contributed by atoms with Crippen LogP contribution in [-0.2, 0) is 11.4 Å². The highest BCUT2D eigenvalue weighted by atomic mass is 79.9. The van der Waals surface area contributed by atoms with Crippen LogP contribution in [0.15, 0.2) is 76.8 Å². The van der Waals surface area contributed by atoms with Gasteiger partial charge in [0, 0.05) is 11.3 Å². The summed E-state index contributed by atoms with van der Waals surface area (Å²) in [5.41, 5.74) is 5.50. The Hall–Kier alpha value is -4.08. The van der Waals surface area contributed by atoms with Gasteiger partial charge in [-0.2, -0.15) is 5.26 Å². The number of halogens is 1. The third-order valence-electron chi connectivity index (χ3n) is 6.28. The van der Waals surface area contributed by atoms with Crippen LogP contribution in [0.4, 0.5) is 5.69 Å². The normalized spacial score (nSPS) is 11.2. The molecule has 4 aromatic carbocycles. The predicted molar refractivity (Wildman–Crippen MR) is 156 cm³/mol. The molecule has 38 heavy (non-hydrogen) atoms. The maximum atomic E-state index is 12.9. The van der Waals surface area contributed by atoms with Crippen molar-refractivity contribution in [3.8, 4) is 17.6 Å². The summed E-state index contributed by atoms with van der Waals surface area (Å²) in [6.07, 6.45) is 1.55. The van der Waals surface area contributed by atoms with Crippen molar-refractivity contribution < 1.29 is 14.3 Å². The Morgan fingerprint density at radius 2 is 1.76 bits per heavy atom. The quantitative estimate of drug-likeness (QED) is 0.172. The molecule has 0 aliphatic carbocycles. The topological polar surface area (TPSA) is 71.3 Å². The third kappa shape index (κ3) is 6.07. The summed E-state index contributed by atoms with van der Waals surface area (Å²) in [6.45, 7) is 8.63. The Kier molecular flexibility index (Phi) is 8.50. The fourth-order valence-electron chi connectivity index (χ4n) is 4.23. The number of nitrogens with zero attached hydrogens (tertiary/aromatic N) is 1. The Labute approximate surface area is 231 Å². The van der Waals surface area contributed by atoms with E-state index in [4.69, 9.17) is 9.47 Å². The largest absolute Gasteiger partial charge is 0.490 e. The second-order valence-electron chi connectivity index (χ2n) is 9.08. The molecule has 0 fully saturated rings. The van der Waals surface area contributed by atoms with E-state index >= 15 is 0 Å². The molecule has 0 unspecified atom stereocenters. The lowest BCUT2D eigenvalue weighted by Gasteiger charge is -2.17. The zero-order valence-corrected chi connectivity index (χ0v) is 23.5. The zero-order valence-electron chi connectivity index (χ0n) is 21.9. The average molecular weight is 569 g/mol. The molecular weight excluding hydrogens is 540 g/mol. The molecule has 0 aliphatic heterocycles. The molecular formula is C32H29BrN2O3. The van der Waals surface area contributed by atoms with Crippen LogP contribution >= 0.6 is 15.9 Å². The van der Waals surface area contributed by atoms with Gasteiger partial charge in [-0.3, -0.25) is 4.79 Å². The van der Waals surface area contributed by atoms with E-state index < -0.39 is 5.91 Å². The van der Waals surface area contributed by atoms with Gasteiger partial charge in [0.15, 0.2) is 11.5 Å². The molecule has 5 nitrogen and oxygen atoms in total. The fourth-order valence-corrected chi connectivity index (χ4v) is 4.80. The number of benzene rings is 4. The van der Waals surface area contributed by atoms with E-state index in [-0.39, 0.29) is 5.57 Å². The van der Waals surface area contributed by atoms with E-state index in [9.17, 15) is 10.1 Å². The SMILES string of the molecule is CCOc1cc(/C=C(\C#N)C(=O)Nc2cc(C)ccc2C)cc(Br)c1OCc1c(C)ccc2ccccc12. The van der Waals surface area contributed by atoms with Gasteiger partial charge in [0.2, 0.25) is 0 Å². The summed E-state index contributed by atoms with van der Waals surface area (Å²) in [5.74, 6) is 0.620. The lowest BCUT2D eigenvalue weighted by atomic mass is 10.0. The molecule has 0 heterocycles. The van der Waals surface area contributed by atoms with Crippen molar-refractivity contribution in [2.45, 2.75) is 34.3 Å². The number of hydrogen-bond donors (Lipinski definition) is 1. The Morgan fingerprint density at radius 1 is 1.00 bits per heavy atom. The van der Waals surface area contributed by atoms with Gasteiger partial charge in [-0.15, -0.1) is 0 Å². The van der Waals surface area contributed by atoms with E-state index in [2.05, 4.69) is 52.4 Å². The number of nitrogens with one attached hydrogen (secondary N) is 1. The van der Waals surface area contributed by atoms with E-state index in [1.165, 1.54) is 0 Å². The van der Waals surface area contributed by atoms with Gasteiger partial charge in [0.1, 0.15) is 18.2 Å². The van der Waals surface area contributed by atoms with Crippen LogP contribution in [0.3, 0.4) is 0 Å². The van der Waals surface area contributed by atoms with Crippen molar-refractivity contribution in [3.63, 3.8) is 0 Å². The number of fused-ring (bicyclic) bond motifs is 1. The zero-order chi connectivity index (χ0) is 27.2. The minimum Gasteiger partial charge on any atom is -0.490 e. The van der Waals surface area contributed by atoms with Gasteiger partial charge < -0.3 is 14.8 Å². The maximum Gasteiger partial charge on any atom is 0.266 e. The van der Waals surface area contributed by atoms with Crippen molar-refractivity contribution in [2.24, 2.45) is 0 Å². The maximum absolute atomic E-state index is 12.9. The number of amides is 1. The molecule has 0 saturated heterocycles. The summed E-state index contributed by atoms with van der Waals surface area (Å²) in [6, 6.07) is 23.9. The first-order valence-corrected chi connectivity index (χ1v) is 13.2. The average Bonchev–Trinajstić information content (AvgIpc) is 2.90. The number of ether oxygens (including phenoxy) is 2. The lowest BCUT2D eigenvalue weighted by molar-refractivity contribution is -0.112. The van der Waals surface area contributed by atoms with Crippen molar-refractivity contribution in [3.05, 3.63) is 105 Å². The highest BCUT2D eigenvalue weighted by Crippen LogP contribution is 2.38. The van der Waals surface area contributed by atoms with Crippen molar-refractivity contribution in [2.75, 3.05) is 11.9 Å². The number of aryl methyl sites for hydroxylation is 3. The monoisotopic (exact) mass is 568 g/mol. The van der Waals surface area contributed by atoms with Crippen LogP contribution in [0.25, 0.3) is 16.8 Å². The first kappa shape index (κ1) is 27.0. The highest BCUT2D eigenvalue weighted by molar-refractivity contribution is 9.10. The van der Waals surface area contributed by atoms with Crippen LogP contribution in [0.5, 0.6) is 11.5 Å². The van der Waals surface area contributed by atoms with Crippen molar-refractivity contribution in [1.29, 1.82) is 5.26 Å². The molecule has 1 amide bonds. The highest BCUT2D eigenvalue weighted by Gasteiger charge is 2.16. The van der Waals surface area contributed by atoms with Crippen molar-refractivity contribution in [1.82, 2.24) is 0 Å². The number of carbonyl (C=O) groups is 1. The van der Waals surface area contributed by atoms with Crippen LogP contribution < -0.4 is 14.8 Å². The van der Waals surface area contributed by atoms with Gasteiger partial charge in [-0.05, 0) is 101 Å². The summed E-state index contributed by atoms with van der Waals surface area (Å²) in [5, 5.41) is 14.9. The molecule has 0 saturated carbocycles. The molecule has 6 heteroatoms. The van der Waals surface area contributed by atoms with E-state index in [1.54, 1.807) is 12.1 Å². The van der Waals surface area contributed by atoms with Gasteiger partial charge in [-0.25, -0.2) is 0 Å². The molecule has 4 rings (SSSR count). The van der Waals surface area contributed by atoms with E-state index in [1.807, 2.05) is 63.2 Å². The van der Waals surface area contributed by atoms with Crippen molar-refractivity contribution >= 4 is 44.4 Å². The molecule has 1 N–H and O–H groups in total. The number of nitriles is 1. The van der Waals surface area contributed by atoms with Gasteiger partial charge in [0.25, 0.3) is 5.91 Å². The van der Waals surface area contributed by atoms with Crippen LogP contribution in [-0.4, -0.2) is 12.5 Å². The molecule has 0 bridgehead atoms. The van der Waals surface area contributed by atoms with Crippen LogP contribution in [0, 0.1) is 32.1 Å². The lowest BCUT2D eigenvalue weighted by Crippen LogP contribution is -2.14. The number of hydrogen-bond acceptors (Lipinski definition) is 4. The molecule has 0 atom stereocenters. The number of anilines is 1. The van der Waals surface area contributed by atoms with Gasteiger partial charge in [0.05, 0.1) is 11.1 Å². The Bertz CT molecular complexity index is 1580. The summed E-state index contributed by atoms with van der Waals surface area (Å²) in [4.78, 5) is 12.9. The molecule has 0 radical (unpaired) electrons. The predicted octanol–water partition coefficient (Wildman–Crippen LogP) is 8.05. The van der Waals surface area contributed by atoms with Gasteiger partial charge >= 0.3 is 0 Å². The second kappa shape index (κ2) is 12.0. The van der Waals surface area contributed by atoms with Crippen LogP contribution in [0.2, 0.25) is 0 Å². The van der Waals surface area contributed by atoms with E-state index in [0.717, 1.165) is 33.0 Å². The first-order chi connectivity index (χ1) is 18.3. The Morgan fingerprint density at radius 3 is 2.53 bits per heavy atom.